The molecule has 1 aliphatic heterocycles. The normalized spacial score (nSPS) is 14.2. The van der Waals surface area contributed by atoms with Crippen molar-refractivity contribution in [1.29, 1.82) is 0 Å². The van der Waals surface area contributed by atoms with E-state index < -0.39 is 0 Å². The number of aromatic nitrogens is 3. The number of hydrogen-bond donors (Lipinski definition) is 0. The molecule has 1 amide bonds. The minimum Gasteiger partial charge on any atom is -0.496 e. The van der Waals surface area contributed by atoms with Crippen molar-refractivity contribution < 1.29 is 13.9 Å². The second kappa shape index (κ2) is 9.16. The van der Waals surface area contributed by atoms with Gasteiger partial charge in [-0.25, -0.2) is 4.98 Å². The summed E-state index contributed by atoms with van der Waals surface area (Å²) in [5.41, 5.74) is 1.72. The number of carbonyl (C=O) groups excluding carboxylic acids is 1. The summed E-state index contributed by atoms with van der Waals surface area (Å²) >= 11 is 0. The molecule has 1 aromatic carbocycles. The molecule has 3 heterocycles. The highest BCUT2D eigenvalue weighted by Crippen LogP contribution is 2.30. The highest BCUT2D eigenvalue weighted by atomic mass is 16.5. The van der Waals surface area contributed by atoms with E-state index in [1.807, 2.05) is 55.1 Å². The van der Waals surface area contributed by atoms with Crippen molar-refractivity contribution in [2.45, 2.75) is 26.2 Å². The zero-order valence-electron chi connectivity index (χ0n) is 18.1. The molecule has 1 saturated heterocycles. The van der Waals surface area contributed by atoms with Crippen LogP contribution < -0.4 is 9.64 Å². The zero-order chi connectivity index (χ0) is 21.8. The number of rotatable bonds is 6. The number of anilines is 1. The van der Waals surface area contributed by atoms with Gasteiger partial charge in [-0.15, -0.1) is 10.2 Å². The predicted molar refractivity (Wildman–Crippen MR) is 117 cm³/mol. The van der Waals surface area contributed by atoms with Crippen molar-refractivity contribution in [2.75, 3.05) is 38.2 Å². The predicted octanol–water partition coefficient (Wildman–Crippen LogP) is 3.15. The first-order chi connectivity index (χ1) is 15.1. The quantitative estimate of drug-likeness (QED) is 0.604. The lowest BCUT2D eigenvalue weighted by atomic mass is 10.1. The third-order valence-corrected chi connectivity index (χ3v) is 5.42. The number of nitrogens with zero attached hydrogens (tertiary/aromatic N) is 5. The Balaban J connectivity index is 1.44. The number of carbonyl (C=O) groups is 1. The monoisotopic (exact) mass is 421 g/mol. The third kappa shape index (κ3) is 4.52. The van der Waals surface area contributed by atoms with Crippen LogP contribution in [0.25, 0.3) is 11.5 Å². The van der Waals surface area contributed by atoms with E-state index in [1.165, 1.54) is 0 Å². The van der Waals surface area contributed by atoms with Crippen molar-refractivity contribution in [3.8, 4) is 17.2 Å². The molecule has 0 spiro atoms. The number of amides is 1. The van der Waals surface area contributed by atoms with Gasteiger partial charge in [-0.05, 0) is 18.2 Å². The van der Waals surface area contributed by atoms with Crippen molar-refractivity contribution >= 4 is 11.7 Å². The molecule has 4 rings (SSSR count). The summed E-state index contributed by atoms with van der Waals surface area (Å²) in [6, 6.07) is 11.5. The van der Waals surface area contributed by atoms with Crippen LogP contribution in [0.1, 0.15) is 31.2 Å². The van der Waals surface area contributed by atoms with Crippen LogP contribution in [0.5, 0.6) is 5.75 Å². The van der Waals surface area contributed by atoms with Gasteiger partial charge in [0.15, 0.2) is 0 Å². The largest absolute Gasteiger partial charge is 0.496 e. The highest BCUT2D eigenvalue weighted by Gasteiger charge is 2.25. The first-order valence-electron chi connectivity index (χ1n) is 10.5. The van der Waals surface area contributed by atoms with Gasteiger partial charge in [0, 0.05) is 43.9 Å². The molecule has 0 radical (unpaired) electrons. The Kier molecular flexibility index (Phi) is 6.16. The SMILES string of the molecule is COc1ccccc1CC(=O)N1CCN(c2ncccc2-c2nnc(C(C)C)o2)CC1. The molecule has 1 aliphatic rings. The Morgan fingerprint density at radius 1 is 1.10 bits per heavy atom. The minimum atomic E-state index is 0.101. The molecule has 31 heavy (non-hydrogen) atoms. The molecule has 0 saturated carbocycles. The lowest BCUT2D eigenvalue weighted by Gasteiger charge is -2.36. The van der Waals surface area contributed by atoms with Crippen LogP contribution in [0.4, 0.5) is 5.82 Å². The molecule has 8 heteroatoms. The van der Waals surface area contributed by atoms with Gasteiger partial charge in [-0.1, -0.05) is 32.0 Å². The van der Waals surface area contributed by atoms with Gasteiger partial charge >= 0.3 is 0 Å². The van der Waals surface area contributed by atoms with Crippen molar-refractivity contribution in [2.24, 2.45) is 0 Å². The lowest BCUT2D eigenvalue weighted by molar-refractivity contribution is -0.130. The smallest absolute Gasteiger partial charge is 0.251 e. The molecule has 8 nitrogen and oxygen atoms in total. The molecular weight excluding hydrogens is 394 g/mol. The van der Waals surface area contributed by atoms with Crippen LogP contribution in [-0.2, 0) is 11.2 Å². The molecule has 1 fully saturated rings. The number of methoxy groups -OCH3 is 1. The maximum absolute atomic E-state index is 12.8. The average molecular weight is 422 g/mol. The second-order valence-electron chi connectivity index (χ2n) is 7.83. The number of benzene rings is 1. The third-order valence-electron chi connectivity index (χ3n) is 5.42. The van der Waals surface area contributed by atoms with Gasteiger partial charge in [0.05, 0.1) is 19.1 Å². The summed E-state index contributed by atoms with van der Waals surface area (Å²) in [6.07, 6.45) is 2.09. The minimum absolute atomic E-state index is 0.101. The van der Waals surface area contributed by atoms with Crippen LogP contribution in [0, 0.1) is 0 Å². The maximum atomic E-state index is 12.8. The van der Waals surface area contributed by atoms with E-state index in [0.29, 0.717) is 44.4 Å². The second-order valence-corrected chi connectivity index (χ2v) is 7.83. The van der Waals surface area contributed by atoms with Crippen LogP contribution in [0.3, 0.4) is 0 Å². The summed E-state index contributed by atoms with van der Waals surface area (Å²) in [7, 11) is 1.63. The number of pyridine rings is 1. The van der Waals surface area contributed by atoms with Gasteiger partial charge in [-0.3, -0.25) is 4.79 Å². The van der Waals surface area contributed by atoms with Crippen LogP contribution in [-0.4, -0.2) is 59.3 Å². The Bertz CT molecular complexity index is 1040. The maximum Gasteiger partial charge on any atom is 0.251 e. The van der Waals surface area contributed by atoms with Crippen molar-refractivity contribution in [3.63, 3.8) is 0 Å². The van der Waals surface area contributed by atoms with E-state index in [2.05, 4.69) is 20.1 Å². The molecule has 2 aromatic heterocycles. The molecule has 0 bridgehead atoms. The summed E-state index contributed by atoms with van der Waals surface area (Å²) in [5.74, 6) is 2.90. The van der Waals surface area contributed by atoms with E-state index >= 15 is 0 Å². The Morgan fingerprint density at radius 3 is 2.58 bits per heavy atom. The average Bonchev–Trinajstić information content (AvgIpc) is 3.30. The summed E-state index contributed by atoms with van der Waals surface area (Å²) in [4.78, 5) is 21.5. The van der Waals surface area contributed by atoms with E-state index in [1.54, 1.807) is 13.3 Å². The van der Waals surface area contributed by atoms with E-state index in [4.69, 9.17) is 9.15 Å². The topological polar surface area (TPSA) is 84.6 Å². The van der Waals surface area contributed by atoms with E-state index in [-0.39, 0.29) is 11.8 Å². The Morgan fingerprint density at radius 2 is 1.87 bits per heavy atom. The van der Waals surface area contributed by atoms with Crippen molar-refractivity contribution in [3.05, 3.63) is 54.0 Å². The molecule has 3 aromatic rings. The highest BCUT2D eigenvalue weighted by molar-refractivity contribution is 5.80. The van der Waals surface area contributed by atoms with Gasteiger partial charge in [-0.2, -0.15) is 0 Å². The lowest BCUT2D eigenvalue weighted by Crippen LogP contribution is -2.49. The number of ether oxygens (including phenoxy) is 1. The van der Waals surface area contributed by atoms with Crippen LogP contribution in [0.15, 0.2) is 47.0 Å². The fraction of sp³-hybridized carbons (Fsp3) is 0.391. The fourth-order valence-corrected chi connectivity index (χ4v) is 3.68. The van der Waals surface area contributed by atoms with Crippen LogP contribution in [0.2, 0.25) is 0 Å². The summed E-state index contributed by atoms with van der Waals surface area (Å²) in [6.45, 7) is 6.67. The molecular formula is C23H27N5O3. The summed E-state index contributed by atoms with van der Waals surface area (Å²) < 4.78 is 11.2. The van der Waals surface area contributed by atoms with Gasteiger partial charge in [0.25, 0.3) is 5.89 Å². The van der Waals surface area contributed by atoms with Gasteiger partial charge in [0.1, 0.15) is 11.6 Å². The van der Waals surface area contributed by atoms with E-state index in [9.17, 15) is 4.79 Å². The molecule has 0 N–H and O–H groups in total. The van der Waals surface area contributed by atoms with Gasteiger partial charge in [0.2, 0.25) is 11.8 Å². The Labute approximate surface area is 181 Å². The van der Waals surface area contributed by atoms with E-state index in [0.717, 1.165) is 22.7 Å². The zero-order valence-corrected chi connectivity index (χ0v) is 18.1. The Hall–Kier alpha value is -3.42. The fourth-order valence-electron chi connectivity index (χ4n) is 3.68. The molecule has 0 atom stereocenters. The first kappa shape index (κ1) is 20.8. The number of piperazine rings is 1. The molecule has 0 aliphatic carbocycles. The number of para-hydroxylation sites is 1. The standard InChI is InChI=1S/C23H27N5O3/c1-16(2)22-25-26-23(31-22)18-8-6-10-24-21(18)28-13-11-27(12-14-28)20(29)15-17-7-4-5-9-19(17)30-3/h4-10,16H,11-15H2,1-3H3. The summed E-state index contributed by atoms with van der Waals surface area (Å²) in [5, 5.41) is 8.35. The molecule has 0 unspecified atom stereocenters. The number of hydrogen-bond acceptors (Lipinski definition) is 7. The van der Waals surface area contributed by atoms with Crippen LogP contribution >= 0.6 is 0 Å². The van der Waals surface area contributed by atoms with Gasteiger partial charge < -0.3 is 19.0 Å². The van der Waals surface area contributed by atoms with Crippen molar-refractivity contribution in [1.82, 2.24) is 20.1 Å². The first-order valence-corrected chi connectivity index (χ1v) is 10.5. The molecule has 162 valence electrons.